The van der Waals surface area contributed by atoms with Crippen LogP contribution in [0.4, 0.5) is 85.3 Å². The van der Waals surface area contributed by atoms with Gasteiger partial charge in [0.05, 0.1) is 34.1 Å². The Morgan fingerprint density at radius 1 is 0.164 bits per heavy atom. The maximum atomic E-state index is 2.65. The van der Waals surface area contributed by atoms with Crippen LogP contribution < -0.4 is 24.5 Å². The van der Waals surface area contributed by atoms with E-state index in [9.17, 15) is 0 Å². The van der Waals surface area contributed by atoms with Crippen LogP contribution in [-0.4, -0.2) is 0 Å². The van der Waals surface area contributed by atoms with Crippen LogP contribution in [0, 0.1) is 0 Å². The average molecular weight is 1400 g/mol. The molecule has 0 N–H and O–H groups in total. The zero-order valence-corrected chi connectivity index (χ0v) is 60.4. The predicted octanol–water partition coefficient (Wildman–Crippen LogP) is 29.7. The number of hydrogen-bond donors (Lipinski definition) is 0. The van der Waals surface area contributed by atoms with Gasteiger partial charge in [0.2, 0.25) is 0 Å². The zero-order chi connectivity index (χ0) is 72.9. The highest BCUT2D eigenvalue weighted by molar-refractivity contribution is 6.37. The van der Waals surface area contributed by atoms with Crippen molar-refractivity contribution < 1.29 is 0 Å². The van der Waals surface area contributed by atoms with Gasteiger partial charge in [-0.1, -0.05) is 291 Å². The number of hydrogen-bond acceptors (Lipinski definition) is 5. The van der Waals surface area contributed by atoms with E-state index in [1.54, 1.807) is 0 Å². The molecule has 1 unspecified atom stereocenters. The summed E-state index contributed by atoms with van der Waals surface area (Å²) in [5.74, 6) is -0.405. The molecule has 0 amide bonds. The molecule has 20 rings (SSSR count). The van der Waals surface area contributed by atoms with Gasteiger partial charge in [0, 0.05) is 100 Å². The molecule has 0 saturated heterocycles. The topological polar surface area (TPSA) is 16.2 Å². The fourth-order valence-corrected chi connectivity index (χ4v) is 17.3. The molecule has 0 aliphatic carbocycles. The molecule has 0 bridgehead atoms. The maximum absolute atomic E-state index is 2.65. The van der Waals surface area contributed by atoms with Gasteiger partial charge in [-0.15, -0.1) is 0 Å². The highest BCUT2D eigenvalue weighted by Gasteiger charge is 2.37. The number of para-hydroxylation sites is 9. The third-order valence-corrected chi connectivity index (χ3v) is 21.9. The first-order valence-electron chi connectivity index (χ1n) is 37.9. The molecule has 0 radical (unpaired) electrons. The standard InChI is InChI=1S/C105H73N5/c1-11-39-73(40-12-1)99(100-87-63-35-31-41-74(87)67-75-42-32-36-64-88(75)100)93-69-91-94(106(78-45-13-2-14-46-78)79-47-15-3-16-48-79)72-98(109(84-57-25-8-26-58-84)85-59-27-9-28-60-85)104-96(110(86-61-29-10-30-62-86)105-89-65-37-33-43-76(89)68-77-44-34-38-66-90(77)105)70-92-95(107(80-49-17-4-18-50-80)81-51-19-5-20-52-81)71-97(101(93)102(92)103(91)104)108(82-53-21-6-22-54-82)83-55-23-7-24-56-83/h1-72,99H. The third kappa shape index (κ3) is 11.3. The number of benzene rings is 20. The Morgan fingerprint density at radius 2 is 0.409 bits per heavy atom. The molecule has 0 spiro atoms. The van der Waals surface area contributed by atoms with E-state index in [0.29, 0.717) is 0 Å². The highest BCUT2D eigenvalue weighted by Crippen LogP contribution is 2.62. The summed E-state index contributed by atoms with van der Waals surface area (Å²) >= 11 is 0. The second-order valence-electron chi connectivity index (χ2n) is 28.2. The molecule has 0 saturated carbocycles. The van der Waals surface area contributed by atoms with Gasteiger partial charge in [-0.2, -0.15) is 0 Å². The predicted molar refractivity (Wildman–Crippen MR) is 467 cm³/mol. The molecular weight excluding hydrogens is 1330 g/mol. The Labute approximate surface area is 640 Å². The summed E-state index contributed by atoms with van der Waals surface area (Å²) in [6.07, 6.45) is 0. The van der Waals surface area contributed by atoms with Gasteiger partial charge in [-0.3, -0.25) is 0 Å². The summed E-state index contributed by atoms with van der Waals surface area (Å²) in [6.45, 7) is 0. The molecule has 20 aromatic rings. The van der Waals surface area contributed by atoms with E-state index in [4.69, 9.17) is 0 Å². The van der Waals surface area contributed by atoms with E-state index in [-0.39, 0.29) is 0 Å². The molecule has 1 atom stereocenters. The maximum Gasteiger partial charge on any atom is 0.0618 e. The quantitative estimate of drug-likeness (QED) is 0.0482. The monoisotopic (exact) mass is 1400 g/mol. The zero-order valence-electron chi connectivity index (χ0n) is 60.4. The van der Waals surface area contributed by atoms with Crippen molar-refractivity contribution in [3.05, 3.63) is 453 Å². The molecule has 0 aliphatic rings. The third-order valence-electron chi connectivity index (χ3n) is 21.9. The van der Waals surface area contributed by atoms with Gasteiger partial charge in [-0.05, 0) is 195 Å². The summed E-state index contributed by atoms with van der Waals surface area (Å²) in [5, 5.41) is 15.7. The van der Waals surface area contributed by atoms with Crippen LogP contribution in [0.1, 0.15) is 22.6 Å². The summed E-state index contributed by atoms with van der Waals surface area (Å²) in [5.41, 5.74) is 18.7. The molecule has 0 aliphatic heterocycles. The molecule has 110 heavy (non-hydrogen) atoms. The van der Waals surface area contributed by atoms with Crippen molar-refractivity contribution >= 4 is 161 Å². The van der Waals surface area contributed by atoms with Crippen molar-refractivity contribution in [3.8, 4) is 0 Å². The number of anilines is 15. The molecule has 0 fully saturated rings. The summed E-state index contributed by atoms with van der Waals surface area (Å²) in [6, 6.07) is 162. The molecule has 5 heteroatoms. The molecule has 518 valence electrons. The Morgan fingerprint density at radius 3 is 0.755 bits per heavy atom. The van der Waals surface area contributed by atoms with Crippen LogP contribution in [0.5, 0.6) is 0 Å². The number of rotatable bonds is 18. The van der Waals surface area contributed by atoms with Crippen LogP contribution in [0.15, 0.2) is 437 Å². The SMILES string of the molecule is c1ccc(C(c2c3ccccc3cc3ccccc23)c2cc3c(N(c4ccccc4)c4ccccc4)cc(N(c4ccccc4)c4ccccc4)c4c(N(c5ccccc5)c5c6ccccc6cc6ccccc56)cc5c(N(c6ccccc6)c6ccccc6)cc(N(c6ccccc6)c6ccccc6)c2c5c34)cc1. The second-order valence-corrected chi connectivity index (χ2v) is 28.2. The molecule has 0 heterocycles. The summed E-state index contributed by atoms with van der Waals surface area (Å²) < 4.78 is 0. The van der Waals surface area contributed by atoms with E-state index in [2.05, 4.69) is 461 Å². The smallest absolute Gasteiger partial charge is 0.0618 e. The normalized spacial score (nSPS) is 11.8. The number of fused-ring (bicyclic) bond motifs is 4. The van der Waals surface area contributed by atoms with Crippen molar-refractivity contribution in [2.24, 2.45) is 0 Å². The van der Waals surface area contributed by atoms with Gasteiger partial charge >= 0.3 is 0 Å². The van der Waals surface area contributed by atoms with Crippen molar-refractivity contribution in [1.82, 2.24) is 0 Å². The van der Waals surface area contributed by atoms with Gasteiger partial charge in [0.1, 0.15) is 0 Å². The Hall–Kier alpha value is -14.5. The lowest BCUT2D eigenvalue weighted by atomic mass is 9.76. The Balaban J connectivity index is 1.12. The van der Waals surface area contributed by atoms with Crippen molar-refractivity contribution in [2.45, 2.75) is 5.92 Å². The van der Waals surface area contributed by atoms with E-state index >= 15 is 0 Å². The summed E-state index contributed by atoms with van der Waals surface area (Å²) in [7, 11) is 0. The first-order valence-corrected chi connectivity index (χ1v) is 37.9. The minimum atomic E-state index is -0.405. The first kappa shape index (κ1) is 65.0. The van der Waals surface area contributed by atoms with E-state index < -0.39 is 5.92 Å². The van der Waals surface area contributed by atoms with Crippen LogP contribution >= 0.6 is 0 Å². The van der Waals surface area contributed by atoms with E-state index in [0.717, 1.165) is 145 Å². The fourth-order valence-electron chi connectivity index (χ4n) is 17.3. The van der Waals surface area contributed by atoms with Crippen LogP contribution in [0.2, 0.25) is 0 Å². The molecular formula is C105H73N5. The van der Waals surface area contributed by atoms with Crippen molar-refractivity contribution in [1.29, 1.82) is 0 Å². The lowest BCUT2D eigenvalue weighted by molar-refractivity contribution is 1.01. The molecule has 0 aromatic heterocycles. The minimum absolute atomic E-state index is 0.405. The molecule has 20 aromatic carbocycles. The van der Waals surface area contributed by atoms with E-state index in [1.165, 1.54) is 32.7 Å². The van der Waals surface area contributed by atoms with Gasteiger partial charge in [0.25, 0.3) is 0 Å². The van der Waals surface area contributed by atoms with Gasteiger partial charge in [0.15, 0.2) is 0 Å². The second kappa shape index (κ2) is 28.1. The average Bonchev–Trinajstić information content (AvgIpc) is 0.679. The first-order chi connectivity index (χ1) is 54.7. The van der Waals surface area contributed by atoms with Crippen molar-refractivity contribution in [3.63, 3.8) is 0 Å². The van der Waals surface area contributed by atoms with Crippen LogP contribution in [0.3, 0.4) is 0 Å². The van der Waals surface area contributed by atoms with E-state index in [1.807, 2.05) is 0 Å². The van der Waals surface area contributed by atoms with Crippen LogP contribution in [0.25, 0.3) is 75.4 Å². The Bertz CT molecular complexity index is 6020. The van der Waals surface area contributed by atoms with Crippen molar-refractivity contribution in [2.75, 3.05) is 24.5 Å². The fraction of sp³-hybridized carbons (Fsp3) is 0.00952. The highest BCUT2D eigenvalue weighted by atomic mass is 15.2. The van der Waals surface area contributed by atoms with Gasteiger partial charge in [-0.25, -0.2) is 0 Å². The van der Waals surface area contributed by atoms with Gasteiger partial charge < -0.3 is 24.5 Å². The summed E-state index contributed by atoms with van der Waals surface area (Å²) in [4.78, 5) is 12.7. The largest absolute Gasteiger partial charge is 0.310 e. The minimum Gasteiger partial charge on any atom is -0.310 e. The lowest BCUT2D eigenvalue weighted by Gasteiger charge is -2.38. The molecule has 5 nitrogen and oxygen atoms in total. The Kier molecular flexibility index (Phi) is 16.6. The lowest BCUT2D eigenvalue weighted by Crippen LogP contribution is -2.19. The number of nitrogens with zero attached hydrogens (tertiary/aromatic N) is 5. The van der Waals surface area contributed by atoms with Crippen LogP contribution in [-0.2, 0) is 0 Å².